The van der Waals surface area contributed by atoms with Gasteiger partial charge in [-0.1, -0.05) is 13.3 Å². The predicted molar refractivity (Wildman–Crippen MR) is 112 cm³/mol. The van der Waals surface area contributed by atoms with Gasteiger partial charge in [0.15, 0.2) is 5.96 Å². The summed E-state index contributed by atoms with van der Waals surface area (Å²) < 4.78 is 10.5. The molecule has 3 N–H and O–H groups in total. The third-order valence-corrected chi connectivity index (χ3v) is 3.88. The molecule has 1 rings (SSSR count). The van der Waals surface area contributed by atoms with Gasteiger partial charge in [0.1, 0.15) is 0 Å². The predicted octanol–water partition coefficient (Wildman–Crippen LogP) is 2.50. The van der Waals surface area contributed by atoms with Crippen molar-refractivity contribution in [1.29, 1.82) is 0 Å². The van der Waals surface area contributed by atoms with Gasteiger partial charge in [-0.3, -0.25) is 4.99 Å². The van der Waals surface area contributed by atoms with Crippen molar-refractivity contribution in [2.24, 2.45) is 10.9 Å². The van der Waals surface area contributed by atoms with E-state index in [-0.39, 0.29) is 36.1 Å². The molecule has 0 saturated heterocycles. The summed E-state index contributed by atoms with van der Waals surface area (Å²) in [6.45, 7) is 7.42. The molecule has 1 fully saturated rings. The van der Waals surface area contributed by atoms with E-state index >= 15 is 0 Å². The topological polar surface area (TPSA) is 84.0 Å². The van der Waals surface area contributed by atoms with Gasteiger partial charge in [0.05, 0.1) is 12.6 Å². The molecule has 148 valence electrons. The minimum absolute atomic E-state index is 0. The normalized spacial score (nSPS) is 15.1. The summed E-state index contributed by atoms with van der Waals surface area (Å²) in [5.41, 5.74) is 0. The molecular weight excluding hydrogens is 435 g/mol. The second-order valence-corrected chi connectivity index (χ2v) is 6.01. The first-order chi connectivity index (χ1) is 11.7. The molecule has 25 heavy (non-hydrogen) atoms. The first-order valence-corrected chi connectivity index (χ1v) is 9.16. The fraction of sp³-hybridized carbons (Fsp3) is 0.882. The summed E-state index contributed by atoms with van der Waals surface area (Å²) in [5.74, 6) is 1.28. The average Bonchev–Trinajstić information content (AvgIpc) is 3.40. The van der Waals surface area contributed by atoms with Gasteiger partial charge in [0.2, 0.25) is 0 Å². The Morgan fingerprint density at radius 3 is 2.52 bits per heavy atom. The highest BCUT2D eigenvalue weighted by molar-refractivity contribution is 14.0. The number of carbonyl (C=O) groups is 1. The molecule has 1 aliphatic carbocycles. The molecule has 1 aliphatic rings. The third kappa shape index (κ3) is 12.3. The molecule has 0 radical (unpaired) electrons. The lowest BCUT2D eigenvalue weighted by atomic mass is 10.2. The van der Waals surface area contributed by atoms with Gasteiger partial charge in [-0.2, -0.15) is 0 Å². The lowest BCUT2D eigenvalue weighted by molar-refractivity contribution is 0.129. The van der Waals surface area contributed by atoms with Gasteiger partial charge in [-0.15, -0.1) is 24.0 Å². The quantitative estimate of drug-likeness (QED) is 0.177. The van der Waals surface area contributed by atoms with E-state index in [2.05, 4.69) is 27.9 Å². The maximum atomic E-state index is 11.6. The molecule has 0 aromatic rings. The highest BCUT2D eigenvalue weighted by Crippen LogP contribution is 2.32. The Kier molecular flexibility index (Phi) is 15.0. The van der Waals surface area contributed by atoms with Crippen LogP contribution in [-0.4, -0.2) is 58.1 Å². The molecule has 7 nitrogen and oxygen atoms in total. The molecule has 0 bridgehead atoms. The maximum Gasteiger partial charge on any atom is 0.407 e. The van der Waals surface area contributed by atoms with Crippen molar-refractivity contribution < 1.29 is 14.3 Å². The number of alkyl carbamates (subject to hydrolysis) is 1. The number of nitrogens with one attached hydrogen (secondary N) is 3. The van der Waals surface area contributed by atoms with Crippen molar-refractivity contribution >= 4 is 36.0 Å². The smallest absolute Gasteiger partial charge is 0.407 e. The van der Waals surface area contributed by atoms with Crippen molar-refractivity contribution in [3.8, 4) is 0 Å². The highest BCUT2D eigenvalue weighted by atomic mass is 127. The molecule has 0 spiro atoms. The minimum Gasteiger partial charge on any atom is -0.450 e. The monoisotopic (exact) mass is 470 g/mol. The van der Waals surface area contributed by atoms with Crippen LogP contribution in [0.1, 0.15) is 46.0 Å². The van der Waals surface area contributed by atoms with Crippen LogP contribution in [0.5, 0.6) is 0 Å². The summed E-state index contributed by atoms with van der Waals surface area (Å²) in [6.07, 6.45) is 5.18. The zero-order chi connectivity index (χ0) is 17.6. The molecule has 8 heteroatoms. The van der Waals surface area contributed by atoms with Crippen molar-refractivity contribution in [2.75, 3.05) is 40.0 Å². The van der Waals surface area contributed by atoms with Crippen LogP contribution >= 0.6 is 24.0 Å². The number of hydrogen-bond donors (Lipinski definition) is 3. The van der Waals surface area contributed by atoms with Crippen molar-refractivity contribution in [3.05, 3.63) is 0 Å². The van der Waals surface area contributed by atoms with Crippen LogP contribution < -0.4 is 16.0 Å². The van der Waals surface area contributed by atoms with Crippen LogP contribution in [-0.2, 0) is 9.47 Å². The van der Waals surface area contributed by atoms with E-state index in [4.69, 9.17) is 9.47 Å². The Morgan fingerprint density at radius 1 is 1.20 bits per heavy atom. The van der Waals surface area contributed by atoms with E-state index in [9.17, 15) is 4.79 Å². The lowest BCUT2D eigenvalue weighted by Gasteiger charge is -2.20. The van der Waals surface area contributed by atoms with E-state index in [1.807, 2.05) is 6.92 Å². The zero-order valence-electron chi connectivity index (χ0n) is 15.8. The van der Waals surface area contributed by atoms with E-state index in [0.29, 0.717) is 19.1 Å². The molecule has 1 saturated carbocycles. The van der Waals surface area contributed by atoms with Gasteiger partial charge >= 0.3 is 6.09 Å². The number of halogens is 1. The van der Waals surface area contributed by atoms with Crippen LogP contribution in [0.25, 0.3) is 0 Å². The van der Waals surface area contributed by atoms with Crippen molar-refractivity contribution in [3.63, 3.8) is 0 Å². The Bertz CT molecular complexity index is 379. The van der Waals surface area contributed by atoms with Crippen LogP contribution in [0, 0.1) is 5.92 Å². The van der Waals surface area contributed by atoms with Crippen molar-refractivity contribution in [2.45, 2.75) is 52.0 Å². The number of aliphatic imine (C=N–C) groups is 1. The molecule has 0 aromatic heterocycles. The molecule has 0 aliphatic heterocycles. The number of unbranched alkanes of at least 4 members (excludes halogenated alkanes) is 1. The molecule has 1 unspecified atom stereocenters. The van der Waals surface area contributed by atoms with Gasteiger partial charge < -0.3 is 25.4 Å². The van der Waals surface area contributed by atoms with Crippen molar-refractivity contribution in [1.82, 2.24) is 16.0 Å². The third-order valence-electron chi connectivity index (χ3n) is 3.88. The number of nitrogens with zero attached hydrogens (tertiary/aromatic N) is 1. The lowest BCUT2D eigenvalue weighted by Crippen LogP contribution is -2.48. The fourth-order valence-corrected chi connectivity index (χ4v) is 2.32. The van der Waals surface area contributed by atoms with Crippen LogP contribution in [0.4, 0.5) is 4.79 Å². The van der Waals surface area contributed by atoms with E-state index in [1.165, 1.54) is 0 Å². The van der Waals surface area contributed by atoms with Gasteiger partial charge in [0.25, 0.3) is 0 Å². The van der Waals surface area contributed by atoms with Crippen LogP contribution in [0.15, 0.2) is 4.99 Å². The maximum absolute atomic E-state index is 11.6. The highest BCUT2D eigenvalue weighted by Gasteiger charge is 2.32. The Balaban J connectivity index is 0.00000576. The molecule has 0 heterocycles. The summed E-state index contributed by atoms with van der Waals surface area (Å²) >= 11 is 0. The SMILES string of the molecule is CCCCOCCCNC(=NC)NCC(NC(=O)OCC)C1CC1.I. The molecular formula is C17H35IN4O3. The number of carbonyl (C=O) groups excluding carboxylic acids is 1. The summed E-state index contributed by atoms with van der Waals surface area (Å²) in [6, 6.07) is 0.0833. The number of amides is 1. The second kappa shape index (κ2) is 15.5. The largest absolute Gasteiger partial charge is 0.450 e. The number of ether oxygens (including phenoxy) is 2. The molecule has 1 atom stereocenters. The van der Waals surface area contributed by atoms with Crippen LogP contribution in [0.2, 0.25) is 0 Å². The number of hydrogen-bond acceptors (Lipinski definition) is 4. The Morgan fingerprint density at radius 2 is 1.92 bits per heavy atom. The number of guanidine groups is 1. The fourth-order valence-electron chi connectivity index (χ4n) is 2.32. The average molecular weight is 470 g/mol. The minimum atomic E-state index is -0.344. The summed E-state index contributed by atoms with van der Waals surface area (Å²) in [7, 11) is 1.75. The number of rotatable bonds is 12. The standard InChI is InChI=1S/C17H34N4O3.HI/c1-4-6-11-23-12-7-10-19-16(18-3)20-13-15(14-8-9-14)21-17(22)24-5-2;/h14-15H,4-13H2,1-3H3,(H,21,22)(H2,18,19,20);1H. The Labute approximate surface area is 169 Å². The summed E-state index contributed by atoms with van der Waals surface area (Å²) in [5, 5.41) is 9.47. The second-order valence-electron chi connectivity index (χ2n) is 6.01. The Hall–Kier alpha value is -0.770. The molecule has 0 aromatic carbocycles. The first-order valence-electron chi connectivity index (χ1n) is 9.16. The zero-order valence-corrected chi connectivity index (χ0v) is 18.1. The van der Waals surface area contributed by atoms with E-state index < -0.39 is 0 Å². The first kappa shape index (κ1) is 24.2. The summed E-state index contributed by atoms with van der Waals surface area (Å²) in [4.78, 5) is 15.8. The van der Waals surface area contributed by atoms with E-state index in [0.717, 1.165) is 57.8 Å². The van der Waals surface area contributed by atoms with Gasteiger partial charge in [0, 0.05) is 33.4 Å². The van der Waals surface area contributed by atoms with Gasteiger partial charge in [-0.25, -0.2) is 4.79 Å². The van der Waals surface area contributed by atoms with E-state index in [1.54, 1.807) is 7.05 Å². The van der Waals surface area contributed by atoms with Gasteiger partial charge in [-0.05, 0) is 38.5 Å². The molecule has 1 amide bonds. The van der Waals surface area contributed by atoms with Crippen LogP contribution in [0.3, 0.4) is 0 Å².